The summed E-state index contributed by atoms with van der Waals surface area (Å²) in [5.41, 5.74) is 0.823. The van der Waals surface area contributed by atoms with Crippen LogP contribution in [0, 0.1) is 0 Å². The second-order valence-corrected chi connectivity index (χ2v) is 13.7. The van der Waals surface area contributed by atoms with Crippen LogP contribution < -0.4 is 23.7 Å². The smallest absolute Gasteiger partial charge is 0.316 e. The van der Waals surface area contributed by atoms with Crippen molar-refractivity contribution in [2.75, 3.05) is 37.4 Å². The molecule has 12 nitrogen and oxygen atoms in total. The first-order valence-electron chi connectivity index (χ1n) is 13.3. The maximum Gasteiger partial charge on any atom is 0.316 e. The number of nitrogens with zero attached hydrogens (tertiary/aromatic N) is 4. The summed E-state index contributed by atoms with van der Waals surface area (Å²) in [5.74, 6) is 0.591. The molecule has 15 heteroatoms. The average molecular weight is 707 g/mol. The molecule has 0 fully saturated rings. The predicted molar refractivity (Wildman–Crippen MR) is 170 cm³/mol. The maximum atomic E-state index is 13.6. The minimum atomic E-state index is -4.14. The first-order valence-corrected chi connectivity index (χ1v) is 16.6. The molecule has 0 aliphatic carbocycles. The van der Waals surface area contributed by atoms with Gasteiger partial charge in [-0.25, -0.2) is 23.4 Å². The molecule has 4 rings (SSSR count). The van der Waals surface area contributed by atoms with Crippen LogP contribution >= 0.6 is 27.7 Å². The standard InChI is InChI=1S/C29H32BrN5O7S2/c1-29(2,3)19-9-11-21(12-10-19)44(37,38)35-25-24(42-23-8-6-5-7-22(23)39-4)26(34-28(33-25)43-16-13-36)40-14-15-41-27-31-17-20(30)18-32-27/h5-12,17-18,36H,13-16H2,1-4H3,(H,33,34,35). The van der Waals surface area contributed by atoms with E-state index in [0.29, 0.717) is 10.2 Å². The molecule has 0 amide bonds. The van der Waals surface area contributed by atoms with Crippen molar-refractivity contribution in [2.45, 2.75) is 36.2 Å². The molecule has 2 aromatic heterocycles. The number of aliphatic hydroxyl groups excluding tert-OH is 1. The molecule has 2 N–H and O–H groups in total. The zero-order valence-electron chi connectivity index (χ0n) is 24.5. The lowest BCUT2D eigenvalue weighted by Crippen LogP contribution is -2.17. The topological polar surface area (TPSA) is 155 Å². The van der Waals surface area contributed by atoms with Gasteiger partial charge in [-0.3, -0.25) is 4.72 Å². The number of hydrogen-bond acceptors (Lipinski definition) is 12. The third-order valence-corrected chi connectivity index (χ3v) is 8.42. The van der Waals surface area contributed by atoms with Gasteiger partial charge in [-0.15, -0.1) is 0 Å². The van der Waals surface area contributed by atoms with E-state index in [0.717, 1.165) is 17.3 Å². The Bertz CT molecular complexity index is 1650. The van der Waals surface area contributed by atoms with Gasteiger partial charge in [0.2, 0.25) is 5.75 Å². The second kappa shape index (κ2) is 14.9. The molecular formula is C29H32BrN5O7S2. The number of rotatable bonds is 14. The number of aliphatic hydroxyl groups is 1. The molecule has 0 aliphatic rings. The van der Waals surface area contributed by atoms with Gasteiger partial charge in [-0.05, 0) is 51.2 Å². The second-order valence-electron chi connectivity index (χ2n) is 10.1. The lowest BCUT2D eigenvalue weighted by atomic mass is 9.87. The molecule has 234 valence electrons. The Morgan fingerprint density at radius 3 is 2.25 bits per heavy atom. The van der Waals surface area contributed by atoms with E-state index in [2.05, 4.69) is 40.6 Å². The van der Waals surface area contributed by atoms with Gasteiger partial charge in [-0.1, -0.05) is 56.8 Å². The number of aromatic nitrogens is 4. The fourth-order valence-corrected chi connectivity index (χ4v) is 5.44. The molecule has 0 bridgehead atoms. The van der Waals surface area contributed by atoms with Crippen LogP contribution in [-0.4, -0.2) is 66.1 Å². The number of thioether (sulfide) groups is 1. The van der Waals surface area contributed by atoms with E-state index in [1.807, 2.05) is 20.8 Å². The van der Waals surface area contributed by atoms with Gasteiger partial charge in [0.1, 0.15) is 13.2 Å². The lowest BCUT2D eigenvalue weighted by Gasteiger charge is -2.20. The molecular weight excluding hydrogens is 674 g/mol. The third kappa shape index (κ3) is 8.94. The van der Waals surface area contributed by atoms with E-state index in [1.165, 1.54) is 19.2 Å². The number of ether oxygens (including phenoxy) is 4. The molecule has 4 aromatic rings. The van der Waals surface area contributed by atoms with E-state index in [9.17, 15) is 13.5 Å². The summed E-state index contributed by atoms with van der Waals surface area (Å²) in [6.07, 6.45) is 3.10. The number of para-hydroxylation sites is 2. The Hall–Kier alpha value is -3.66. The van der Waals surface area contributed by atoms with Gasteiger partial charge in [-0.2, -0.15) is 4.98 Å². The van der Waals surface area contributed by atoms with Crippen molar-refractivity contribution in [1.82, 2.24) is 19.9 Å². The Morgan fingerprint density at radius 1 is 0.955 bits per heavy atom. The highest BCUT2D eigenvalue weighted by Crippen LogP contribution is 2.41. The van der Waals surface area contributed by atoms with Crippen molar-refractivity contribution in [3.05, 3.63) is 71.0 Å². The van der Waals surface area contributed by atoms with Gasteiger partial charge in [0, 0.05) is 18.1 Å². The number of nitrogens with one attached hydrogen (secondary N) is 1. The van der Waals surface area contributed by atoms with Crippen molar-refractivity contribution in [3.63, 3.8) is 0 Å². The maximum absolute atomic E-state index is 13.6. The minimum Gasteiger partial charge on any atom is -0.493 e. The Labute approximate surface area is 268 Å². The van der Waals surface area contributed by atoms with Crippen LogP contribution in [0.4, 0.5) is 5.82 Å². The van der Waals surface area contributed by atoms with Crippen molar-refractivity contribution < 1.29 is 32.5 Å². The highest BCUT2D eigenvalue weighted by molar-refractivity contribution is 9.10. The Morgan fingerprint density at radius 2 is 1.61 bits per heavy atom. The summed E-state index contributed by atoms with van der Waals surface area (Å²) in [6.45, 7) is 6.00. The molecule has 0 spiro atoms. The van der Waals surface area contributed by atoms with Gasteiger partial charge in [0.25, 0.3) is 15.9 Å². The zero-order chi connectivity index (χ0) is 31.7. The van der Waals surface area contributed by atoms with Crippen LogP contribution in [0.5, 0.6) is 29.1 Å². The summed E-state index contributed by atoms with van der Waals surface area (Å²) in [6, 6.07) is 13.6. The number of sulfonamides is 1. The Kier molecular flexibility index (Phi) is 11.2. The molecule has 0 unspecified atom stereocenters. The number of hydrogen-bond donors (Lipinski definition) is 2. The fraction of sp³-hybridized carbons (Fsp3) is 0.310. The van der Waals surface area contributed by atoms with Crippen LogP contribution in [0.15, 0.2) is 75.4 Å². The van der Waals surface area contributed by atoms with E-state index < -0.39 is 10.0 Å². The molecule has 0 radical (unpaired) electrons. The third-order valence-electron chi connectivity index (χ3n) is 5.83. The monoisotopic (exact) mass is 705 g/mol. The Balaban J connectivity index is 1.71. The molecule has 0 saturated heterocycles. The van der Waals surface area contributed by atoms with Gasteiger partial charge in [0.05, 0.1) is 23.1 Å². The van der Waals surface area contributed by atoms with E-state index in [1.54, 1.807) is 48.8 Å². The van der Waals surface area contributed by atoms with Crippen molar-refractivity contribution in [1.29, 1.82) is 0 Å². The van der Waals surface area contributed by atoms with Gasteiger partial charge >= 0.3 is 6.01 Å². The largest absolute Gasteiger partial charge is 0.493 e. The molecule has 44 heavy (non-hydrogen) atoms. The van der Waals surface area contributed by atoms with E-state index in [-0.39, 0.29) is 70.2 Å². The average Bonchev–Trinajstić information content (AvgIpc) is 3.00. The highest BCUT2D eigenvalue weighted by Gasteiger charge is 2.26. The van der Waals surface area contributed by atoms with Crippen molar-refractivity contribution >= 4 is 43.5 Å². The zero-order valence-corrected chi connectivity index (χ0v) is 27.7. The number of anilines is 1. The first-order chi connectivity index (χ1) is 21.0. The molecule has 0 atom stereocenters. The normalized spacial score (nSPS) is 11.6. The summed E-state index contributed by atoms with van der Waals surface area (Å²) < 4.78 is 53.5. The van der Waals surface area contributed by atoms with Gasteiger partial charge in [0.15, 0.2) is 22.5 Å². The van der Waals surface area contributed by atoms with Crippen molar-refractivity contribution in [2.24, 2.45) is 0 Å². The highest BCUT2D eigenvalue weighted by atomic mass is 79.9. The molecule has 2 heterocycles. The summed E-state index contributed by atoms with van der Waals surface area (Å²) in [5, 5.41) is 9.55. The number of benzene rings is 2. The van der Waals surface area contributed by atoms with Gasteiger partial charge < -0.3 is 24.1 Å². The minimum absolute atomic E-state index is 0.0245. The van der Waals surface area contributed by atoms with E-state index >= 15 is 0 Å². The van der Waals surface area contributed by atoms with E-state index in [4.69, 9.17) is 18.9 Å². The molecule has 0 saturated carbocycles. The van der Waals surface area contributed by atoms with Crippen LogP contribution in [0.2, 0.25) is 0 Å². The summed E-state index contributed by atoms with van der Waals surface area (Å²) in [4.78, 5) is 17.0. The first kappa shape index (κ1) is 33.2. The van der Waals surface area contributed by atoms with Crippen molar-refractivity contribution in [3.8, 4) is 29.1 Å². The predicted octanol–water partition coefficient (Wildman–Crippen LogP) is 5.47. The molecule has 2 aromatic carbocycles. The fourth-order valence-electron chi connectivity index (χ4n) is 3.65. The molecule has 0 aliphatic heterocycles. The van der Waals surface area contributed by atoms with Crippen LogP contribution in [0.1, 0.15) is 26.3 Å². The van der Waals surface area contributed by atoms with Crippen LogP contribution in [-0.2, 0) is 15.4 Å². The van der Waals surface area contributed by atoms with Crippen LogP contribution in [0.3, 0.4) is 0 Å². The summed E-state index contributed by atoms with van der Waals surface area (Å²) >= 11 is 4.38. The quantitative estimate of drug-likeness (QED) is 0.0971. The van der Waals surface area contributed by atoms with Crippen LogP contribution in [0.25, 0.3) is 0 Å². The number of methoxy groups -OCH3 is 1. The SMILES string of the molecule is COc1ccccc1Oc1c(NS(=O)(=O)c2ccc(C(C)(C)C)cc2)nc(SCCO)nc1OCCOc1ncc(Br)cn1. The summed E-state index contributed by atoms with van der Waals surface area (Å²) in [7, 11) is -2.65. The lowest BCUT2D eigenvalue weighted by molar-refractivity contribution is 0.196. The number of halogens is 1.